The summed E-state index contributed by atoms with van der Waals surface area (Å²) in [4.78, 5) is 0. The lowest BCUT2D eigenvalue weighted by molar-refractivity contribution is 0.276. The van der Waals surface area contributed by atoms with Gasteiger partial charge in [0.05, 0.1) is 15.9 Å². The van der Waals surface area contributed by atoms with Gasteiger partial charge in [0.25, 0.3) is 0 Å². The highest BCUT2D eigenvalue weighted by molar-refractivity contribution is 9.10. The smallest absolute Gasteiger partial charge is 0.165 e. The van der Waals surface area contributed by atoms with Crippen molar-refractivity contribution in [2.24, 2.45) is 12.8 Å². The van der Waals surface area contributed by atoms with E-state index in [0.717, 1.165) is 15.9 Å². The van der Waals surface area contributed by atoms with Crippen LogP contribution < -0.4 is 10.5 Å². The van der Waals surface area contributed by atoms with E-state index in [2.05, 4.69) is 21.0 Å². The first-order chi connectivity index (χ1) is 9.04. The van der Waals surface area contributed by atoms with Crippen molar-refractivity contribution in [1.82, 2.24) is 9.78 Å². The summed E-state index contributed by atoms with van der Waals surface area (Å²) in [5, 5.41) is 4.26. The van der Waals surface area contributed by atoms with Gasteiger partial charge in [-0.3, -0.25) is 4.68 Å². The monoisotopic (exact) mass is 327 g/mol. The van der Waals surface area contributed by atoms with Crippen LogP contribution in [0.15, 0.2) is 22.7 Å². The minimum atomic E-state index is -0.405. The number of nitrogens with two attached hydrogens (primary N) is 1. The van der Waals surface area contributed by atoms with Crippen LogP contribution in [0.25, 0.3) is 0 Å². The van der Waals surface area contributed by atoms with Gasteiger partial charge in [-0.05, 0) is 28.9 Å². The predicted octanol–water partition coefficient (Wildman–Crippen LogP) is 2.67. The zero-order valence-electron chi connectivity index (χ0n) is 10.8. The van der Waals surface area contributed by atoms with Crippen LogP contribution in [0.4, 0.5) is 4.39 Å². The summed E-state index contributed by atoms with van der Waals surface area (Å²) < 4.78 is 21.9. The van der Waals surface area contributed by atoms with Crippen molar-refractivity contribution >= 4 is 15.9 Å². The molecule has 1 aromatic carbocycles. The number of para-hydroxylation sites is 1. The van der Waals surface area contributed by atoms with Gasteiger partial charge in [-0.1, -0.05) is 12.1 Å². The standard InChI is InChI=1S/C13H15BrFN3O/c1-8-12(14)11(18(2)17-8)7-19-13-9(6-16)4-3-5-10(13)15/h3-5H,6-7,16H2,1-2H3. The van der Waals surface area contributed by atoms with Crippen LogP contribution in [-0.2, 0) is 20.2 Å². The van der Waals surface area contributed by atoms with Crippen LogP contribution in [0, 0.1) is 12.7 Å². The van der Waals surface area contributed by atoms with E-state index in [-0.39, 0.29) is 18.9 Å². The molecule has 0 unspecified atom stereocenters. The Hall–Kier alpha value is -1.40. The van der Waals surface area contributed by atoms with E-state index in [1.807, 2.05) is 14.0 Å². The average molecular weight is 328 g/mol. The van der Waals surface area contributed by atoms with Gasteiger partial charge < -0.3 is 10.5 Å². The molecule has 6 heteroatoms. The van der Waals surface area contributed by atoms with E-state index in [1.165, 1.54) is 6.07 Å². The Morgan fingerprint density at radius 1 is 1.47 bits per heavy atom. The molecule has 0 aliphatic heterocycles. The molecule has 0 amide bonds. The van der Waals surface area contributed by atoms with Gasteiger partial charge in [0, 0.05) is 19.2 Å². The third-order valence-corrected chi connectivity index (χ3v) is 3.91. The van der Waals surface area contributed by atoms with E-state index in [4.69, 9.17) is 10.5 Å². The first-order valence-corrected chi connectivity index (χ1v) is 6.62. The number of aryl methyl sites for hydroxylation is 2. The van der Waals surface area contributed by atoms with Crippen molar-refractivity contribution in [2.75, 3.05) is 0 Å². The molecule has 2 aromatic rings. The first-order valence-electron chi connectivity index (χ1n) is 5.82. The molecule has 0 aliphatic rings. The average Bonchev–Trinajstić information content (AvgIpc) is 2.62. The number of hydrogen-bond donors (Lipinski definition) is 1. The quantitative estimate of drug-likeness (QED) is 0.939. The van der Waals surface area contributed by atoms with E-state index < -0.39 is 5.82 Å². The number of aromatic nitrogens is 2. The summed E-state index contributed by atoms with van der Waals surface area (Å²) in [6.07, 6.45) is 0. The molecular weight excluding hydrogens is 313 g/mol. The summed E-state index contributed by atoms with van der Waals surface area (Å²) in [6, 6.07) is 4.73. The molecule has 0 bridgehead atoms. The van der Waals surface area contributed by atoms with Crippen molar-refractivity contribution in [3.8, 4) is 5.75 Å². The van der Waals surface area contributed by atoms with Gasteiger partial charge in [0.2, 0.25) is 0 Å². The highest BCUT2D eigenvalue weighted by atomic mass is 79.9. The lowest BCUT2D eigenvalue weighted by Crippen LogP contribution is -2.07. The van der Waals surface area contributed by atoms with Crippen molar-refractivity contribution in [3.63, 3.8) is 0 Å². The van der Waals surface area contributed by atoms with Gasteiger partial charge in [-0.2, -0.15) is 5.10 Å². The largest absolute Gasteiger partial charge is 0.484 e. The topological polar surface area (TPSA) is 53.1 Å². The Balaban J connectivity index is 2.24. The Bertz CT molecular complexity index is 598. The Morgan fingerprint density at radius 3 is 2.79 bits per heavy atom. The Morgan fingerprint density at radius 2 is 2.21 bits per heavy atom. The van der Waals surface area contributed by atoms with Crippen molar-refractivity contribution in [1.29, 1.82) is 0 Å². The SMILES string of the molecule is Cc1nn(C)c(COc2c(F)cccc2CN)c1Br. The molecule has 0 spiro atoms. The summed E-state index contributed by atoms with van der Waals surface area (Å²) in [7, 11) is 1.82. The van der Waals surface area contributed by atoms with Crippen LogP contribution in [-0.4, -0.2) is 9.78 Å². The lowest BCUT2D eigenvalue weighted by Gasteiger charge is -2.11. The fourth-order valence-electron chi connectivity index (χ4n) is 1.85. The molecule has 0 radical (unpaired) electrons. The molecule has 0 aliphatic carbocycles. The molecule has 0 saturated carbocycles. The van der Waals surface area contributed by atoms with Crippen molar-refractivity contribution in [3.05, 3.63) is 45.4 Å². The second kappa shape index (κ2) is 5.71. The van der Waals surface area contributed by atoms with Crippen LogP contribution in [0.3, 0.4) is 0 Å². The molecule has 19 heavy (non-hydrogen) atoms. The molecule has 1 aromatic heterocycles. The maximum Gasteiger partial charge on any atom is 0.165 e. The zero-order chi connectivity index (χ0) is 14.0. The summed E-state index contributed by atoms with van der Waals surface area (Å²) in [5.74, 6) is -0.200. The van der Waals surface area contributed by atoms with E-state index >= 15 is 0 Å². The van der Waals surface area contributed by atoms with Crippen LogP contribution in [0.5, 0.6) is 5.75 Å². The minimum Gasteiger partial charge on any atom is -0.484 e. The minimum absolute atomic E-state index is 0.204. The molecule has 2 N–H and O–H groups in total. The lowest BCUT2D eigenvalue weighted by atomic mass is 10.2. The molecular formula is C13H15BrFN3O. The van der Waals surface area contributed by atoms with Gasteiger partial charge in [0.15, 0.2) is 11.6 Å². The maximum atomic E-state index is 13.7. The predicted molar refractivity (Wildman–Crippen MR) is 74.3 cm³/mol. The zero-order valence-corrected chi connectivity index (χ0v) is 12.4. The number of nitrogens with zero attached hydrogens (tertiary/aromatic N) is 2. The van der Waals surface area contributed by atoms with E-state index in [9.17, 15) is 4.39 Å². The maximum absolute atomic E-state index is 13.7. The summed E-state index contributed by atoms with van der Waals surface area (Å²) in [6.45, 7) is 2.35. The number of benzene rings is 1. The Kier molecular flexibility index (Phi) is 4.21. The van der Waals surface area contributed by atoms with Gasteiger partial charge in [-0.15, -0.1) is 0 Å². The molecule has 0 atom stereocenters. The molecule has 4 nitrogen and oxygen atoms in total. The fourth-order valence-corrected chi connectivity index (χ4v) is 2.30. The van der Waals surface area contributed by atoms with Crippen LogP contribution in [0.1, 0.15) is 17.0 Å². The molecule has 0 saturated heterocycles. The second-order valence-corrected chi connectivity index (χ2v) is 4.98. The summed E-state index contributed by atoms with van der Waals surface area (Å²) >= 11 is 3.45. The molecule has 2 rings (SSSR count). The normalized spacial score (nSPS) is 10.8. The first kappa shape index (κ1) is 14.0. The van der Waals surface area contributed by atoms with Gasteiger partial charge in [0.1, 0.15) is 6.61 Å². The number of hydrogen-bond acceptors (Lipinski definition) is 3. The third kappa shape index (κ3) is 2.79. The van der Waals surface area contributed by atoms with Crippen molar-refractivity contribution in [2.45, 2.75) is 20.1 Å². The van der Waals surface area contributed by atoms with Gasteiger partial charge in [-0.25, -0.2) is 4.39 Å². The molecule has 0 fully saturated rings. The third-order valence-electron chi connectivity index (χ3n) is 2.88. The van der Waals surface area contributed by atoms with E-state index in [0.29, 0.717) is 5.56 Å². The number of rotatable bonds is 4. The number of halogens is 2. The van der Waals surface area contributed by atoms with Crippen molar-refractivity contribution < 1.29 is 9.13 Å². The highest BCUT2D eigenvalue weighted by Crippen LogP contribution is 2.26. The van der Waals surface area contributed by atoms with E-state index in [1.54, 1.807) is 16.8 Å². The highest BCUT2D eigenvalue weighted by Gasteiger charge is 2.14. The Labute approximate surface area is 119 Å². The molecule has 1 heterocycles. The fraction of sp³-hybridized carbons (Fsp3) is 0.308. The van der Waals surface area contributed by atoms with Crippen LogP contribution in [0.2, 0.25) is 0 Å². The van der Waals surface area contributed by atoms with Gasteiger partial charge >= 0.3 is 0 Å². The second-order valence-electron chi connectivity index (χ2n) is 4.19. The van der Waals surface area contributed by atoms with Crippen LogP contribution >= 0.6 is 15.9 Å². The number of ether oxygens (including phenoxy) is 1. The summed E-state index contributed by atoms with van der Waals surface area (Å²) in [5.41, 5.74) is 7.95. The molecule has 102 valence electrons.